The Morgan fingerprint density at radius 3 is 2.76 bits per heavy atom. The number of benzene rings is 2. The van der Waals surface area contributed by atoms with Crippen molar-refractivity contribution < 1.29 is 18.7 Å². The maximum Gasteiger partial charge on any atom is 0.257 e. The first-order chi connectivity index (χ1) is 14.2. The minimum atomic E-state index is -0.313. The number of hydrogen-bond acceptors (Lipinski definition) is 5. The third-order valence-corrected chi connectivity index (χ3v) is 5.66. The van der Waals surface area contributed by atoms with Crippen LogP contribution in [0.3, 0.4) is 0 Å². The number of carbonyl (C=O) groups is 1. The van der Waals surface area contributed by atoms with E-state index >= 15 is 0 Å². The number of halogens is 1. The molecule has 3 aliphatic rings. The molecule has 1 atom stereocenters. The number of hydrogen-bond donors (Lipinski definition) is 0. The fraction of sp³-hybridized carbons (Fsp3) is 0.364. The summed E-state index contributed by atoms with van der Waals surface area (Å²) in [4.78, 5) is 15.3. The van der Waals surface area contributed by atoms with E-state index in [0.29, 0.717) is 35.7 Å². The minimum absolute atomic E-state index is 0.0408. The Labute approximate surface area is 168 Å². The average molecular weight is 395 g/mol. The number of rotatable bonds is 4. The third kappa shape index (κ3) is 3.58. The second-order valence-electron chi connectivity index (χ2n) is 7.61. The number of ether oxygens (including phenoxy) is 2. The molecule has 1 amide bonds. The number of likely N-dealkylation sites (tertiary alicyclic amines) is 1. The predicted octanol–water partition coefficient (Wildman–Crippen LogP) is 3.33. The highest BCUT2D eigenvalue weighted by Gasteiger charge is 2.35. The van der Waals surface area contributed by atoms with Crippen molar-refractivity contribution in [3.63, 3.8) is 0 Å². The number of carbonyl (C=O) groups excluding carboxylic acids is 1. The summed E-state index contributed by atoms with van der Waals surface area (Å²) in [5, 5.41) is 6.19. The lowest BCUT2D eigenvalue weighted by molar-refractivity contribution is -0.134. The monoisotopic (exact) mass is 395 g/mol. The van der Waals surface area contributed by atoms with Crippen LogP contribution in [0.4, 0.5) is 4.39 Å². The van der Waals surface area contributed by atoms with E-state index in [1.165, 1.54) is 12.1 Å². The Morgan fingerprint density at radius 1 is 1.10 bits per heavy atom. The molecule has 2 aromatic carbocycles. The van der Waals surface area contributed by atoms with Gasteiger partial charge in [-0.05, 0) is 55.8 Å². The molecule has 6 nitrogen and oxygen atoms in total. The van der Waals surface area contributed by atoms with Crippen LogP contribution >= 0.6 is 0 Å². The lowest BCUT2D eigenvalue weighted by Crippen LogP contribution is -2.36. The maximum absolute atomic E-state index is 13.7. The zero-order valence-electron chi connectivity index (χ0n) is 16.0. The van der Waals surface area contributed by atoms with Crippen molar-refractivity contribution in [2.24, 2.45) is 5.10 Å². The molecule has 5 rings (SSSR count). The van der Waals surface area contributed by atoms with Gasteiger partial charge in [-0.25, -0.2) is 9.40 Å². The summed E-state index contributed by atoms with van der Waals surface area (Å²) in [5.41, 5.74) is 2.34. The van der Waals surface area contributed by atoms with Gasteiger partial charge in [0, 0.05) is 12.0 Å². The molecular formula is C22H22FN3O3. The summed E-state index contributed by atoms with van der Waals surface area (Å²) in [6.45, 7) is 2.43. The second kappa shape index (κ2) is 7.48. The molecule has 29 heavy (non-hydrogen) atoms. The summed E-state index contributed by atoms with van der Waals surface area (Å²) in [6, 6.07) is 11.8. The molecule has 150 valence electrons. The van der Waals surface area contributed by atoms with Gasteiger partial charge in [0.1, 0.15) is 5.82 Å². The van der Waals surface area contributed by atoms with Crippen LogP contribution in [0.1, 0.15) is 36.4 Å². The minimum Gasteiger partial charge on any atom is -0.454 e. The van der Waals surface area contributed by atoms with Crippen molar-refractivity contribution in [2.45, 2.75) is 25.3 Å². The summed E-state index contributed by atoms with van der Waals surface area (Å²) in [5.74, 6) is 1.02. The van der Waals surface area contributed by atoms with E-state index in [2.05, 4.69) is 10.0 Å². The molecule has 3 heterocycles. The van der Waals surface area contributed by atoms with Gasteiger partial charge in [0.15, 0.2) is 11.5 Å². The molecule has 0 saturated carbocycles. The zero-order chi connectivity index (χ0) is 19.8. The highest BCUT2D eigenvalue weighted by atomic mass is 19.1. The van der Waals surface area contributed by atoms with Crippen LogP contribution in [0.25, 0.3) is 0 Å². The highest BCUT2D eigenvalue weighted by molar-refractivity contribution is 6.03. The molecule has 0 aromatic heterocycles. The smallest absolute Gasteiger partial charge is 0.257 e. The maximum atomic E-state index is 13.7. The van der Waals surface area contributed by atoms with Crippen molar-refractivity contribution >= 4 is 11.6 Å². The molecule has 0 bridgehead atoms. The van der Waals surface area contributed by atoms with Crippen molar-refractivity contribution in [1.29, 1.82) is 0 Å². The average Bonchev–Trinajstić information content (AvgIpc) is 3.47. The number of fused-ring (bicyclic) bond motifs is 1. The van der Waals surface area contributed by atoms with Crippen LogP contribution in [0.5, 0.6) is 11.5 Å². The van der Waals surface area contributed by atoms with Gasteiger partial charge in [-0.2, -0.15) is 5.10 Å². The Balaban J connectivity index is 1.46. The normalized spacial score (nSPS) is 20.9. The predicted molar refractivity (Wildman–Crippen MR) is 105 cm³/mol. The van der Waals surface area contributed by atoms with Crippen LogP contribution in [0.15, 0.2) is 47.6 Å². The molecule has 0 N–H and O–H groups in total. The van der Waals surface area contributed by atoms with Gasteiger partial charge < -0.3 is 9.47 Å². The van der Waals surface area contributed by atoms with E-state index in [0.717, 1.165) is 31.5 Å². The molecule has 0 radical (unpaired) electrons. The first kappa shape index (κ1) is 18.1. The first-order valence-electron chi connectivity index (χ1n) is 9.95. The third-order valence-electron chi connectivity index (χ3n) is 5.66. The number of hydrazone groups is 1. The quantitative estimate of drug-likeness (QED) is 0.797. The fourth-order valence-electron chi connectivity index (χ4n) is 4.17. The Morgan fingerprint density at radius 2 is 1.93 bits per heavy atom. The van der Waals surface area contributed by atoms with Crippen molar-refractivity contribution in [3.05, 3.63) is 59.4 Å². The lowest BCUT2D eigenvalue weighted by Gasteiger charge is -2.24. The van der Waals surface area contributed by atoms with E-state index in [1.807, 2.05) is 24.3 Å². The number of amides is 1. The summed E-state index contributed by atoms with van der Waals surface area (Å²) in [6.07, 6.45) is 2.77. The van der Waals surface area contributed by atoms with Crippen molar-refractivity contribution in [2.75, 3.05) is 26.4 Å². The largest absolute Gasteiger partial charge is 0.454 e. The van der Waals surface area contributed by atoms with Gasteiger partial charge in [0.05, 0.1) is 18.3 Å². The van der Waals surface area contributed by atoms with Gasteiger partial charge in [-0.1, -0.05) is 18.2 Å². The lowest BCUT2D eigenvalue weighted by atomic mass is 9.98. The van der Waals surface area contributed by atoms with Crippen LogP contribution in [-0.4, -0.2) is 48.0 Å². The molecule has 2 aromatic rings. The van der Waals surface area contributed by atoms with Crippen LogP contribution < -0.4 is 9.47 Å². The van der Waals surface area contributed by atoms with E-state index in [-0.39, 0.29) is 24.6 Å². The Kier molecular flexibility index (Phi) is 4.67. The molecule has 0 aliphatic carbocycles. The molecule has 3 aliphatic heterocycles. The van der Waals surface area contributed by atoms with Crippen molar-refractivity contribution in [3.8, 4) is 11.5 Å². The summed E-state index contributed by atoms with van der Waals surface area (Å²) < 4.78 is 24.7. The van der Waals surface area contributed by atoms with Crippen molar-refractivity contribution in [1.82, 2.24) is 9.91 Å². The number of nitrogens with zero attached hydrogens (tertiary/aromatic N) is 3. The summed E-state index contributed by atoms with van der Waals surface area (Å²) >= 11 is 0. The Hall–Kier alpha value is -2.93. The van der Waals surface area contributed by atoms with E-state index in [4.69, 9.17) is 9.47 Å². The Bertz CT molecular complexity index is 972. The van der Waals surface area contributed by atoms with E-state index in [1.54, 1.807) is 11.1 Å². The van der Waals surface area contributed by atoms with E-state index in [9.17, 15) is 9.18 Å². The molecule has 0 spiro atoms. The standard InChI is InChI=1S/C22H22FN3O3/c23-17-5-3-4-15(10-17)18-12-19(16-6-7-20-21(11-16)29-14-28-20)26(24-18)22(27)13-25-8-1-2-9-25/h3-7,10-11,19H,1-2,8-9,12-14H2/t19-/m1/s1. The SMILES string of the molecule is O=C(CN1CCCC1)N1N=C(c2cccc(F)c2)C[C@@H]1c1ccc2c(c1)OCO2. The van der Waals surface area contributed by atoms with Gasteiger partial charge in [-0.3, -0.25) is 9.69 Å². The van der Waals surface area contributed by atoms with Gasteiger partial charge in [-0.15, -0.1) is 0 Å². The van der Waals surface area contributed by atoms with Crippen LogP contribution in [-0.2, 0) is 4.79 Å². The summed E-state index contributed by atoms with van der Waals surface area (Å²) in [7, 11) is 0. The first-order valence-corrected chi connectivity index (χ1v) is 9.95. The fourth-order valence-corrected chi connectivity index (χ4v) is 4.17. The highest BCUT2D eigenvalue weighted by Crippen LogP contribution is 2.39. The van der Waals surface area contributed by atoms with E-state index < -0.39 is 0 Å². The molecule has 1 saturated heterocycles. The molecular weight excluding hydrogens is 373 g/mol. The van der Waals surface area contributed by atoms with Crippen LogP contribution in [0.2, 0.25) is 0 Å². The topological polar surface area (TPSA) is 54.4 Å². The molecule has 0 unspecified atom stereocenters. The second-order valence-corrected chi connectivity index (χ2v) is 7.61. The zero-order valence-corrected chi connectivity index (χ0v) is 16.0. The van der Waals surface area contributed by atoms with Gasteiger partial charge in [0.2, 0.25) is 6.79 Å². The van der Waals surface area contributed by atoms with Crippen LogP contribution in [0, 0.1) is 5.82 Å². The van der Waals surface area contributed by atoms with Gasteiger partial charge >= 0.3 is 0 Å². The molecule has 1 fully saturated rings. The molecule has 7 heteroatoms. The van der Waals surface area contributed by atoms with Gasteiger partial charge in [0.25, 0.3) is 5.91 Å².